The Morgan fingerprint density at radius 2 is 1.68 bits per heavy atom. The van der Waals surface area contributed by atoms with Crippen LogP contribution in [-0.4, -0.2) is 10.4 Å². The topological polar surface area (TPSA) is 51.9 Å². The molecule has 4 rings (SSSR count). The minimum atomic E-state index is 0.0126. The highest BCUT2D eigenvalue weighted by Gasteiger charge is 2.23. The number of imidazole rings is 1. The minimum Gasteiger partial charge on any atom is -0.291 e. The van der Waals surface area contributed by atoms with Crippen molar-refractivity contribution in [2.45, 2.75) is 13.1 Å². The summed E-state index contributed by atoms with van der Waals surface area (Å²) >= 11 is 9.39. The second-order valence-electron chi connectivity index (χ2n) is 6.58. The van der Waals surface area contributed by atoms with Crippen molar-refractivity contribution >= 4 is 50.3 Å². The zero-order valence-corrected chi connectivity index (χ0v) is 17.3. The number of nitrogens with two attached hydrogens (primary N) is 1. The van der Waals surface area contributed by atoms with Crippen molar-refractivity contribution in [1.82, 2.24) is 4.57 Å². The van der Waals surface area contributed by atoms with Crippen LogP contribution in [0.4, 0.5) is 5.95 Å². The number of nitrogens with zero attached hydrogens (tertiary/aromatic N) is 2. The lowest BCUT2D eigenvalue weighted by molar-refractivity contribution is -0.648. The van der Waals surface area contributed by atoms with Crippen LogP contribution in [0.3, 0.4) is 0 Å². The molecule has 3 aromatic carbocycles. The first-order valence-electron chi connectivity index (χ1n) is 8.82. The molecule has 0 bridgehead atoms. The van der Waals surface area contributed by atoms with Crippen molar-refractivity contribution in [2.24, 2.45) is 0 Å². The van der Waals surface area contributed by atoms with Crippen molar-refractivity contribution in [3.05, 3.63) is 93.4 Å². The zero-order valence-electron chi connectivity index (χ0n) is 15.0. The molecular weight excluding hydrogens is 438 g/mol. The molecule has 0 aliphatic rings. The summed E-state index contributed by atoms with van der Waals surface area (Å²) in [6.45, 7) is 0.782. The maximum atomic E-state index is 12.8. The number of hydrogen-bond acceptors (Lipinski definition) is 2. The molecule has 0 saturated heterocycles. The predicted octanol–water partition coefficient (Wildman–Crippen LogP) is 4.86. The first-order chi connectivity index (χ1) is 13.5. The number of nitrogen functional groups attached to an aromatic ring is 1. The Morgan fingerprint density at radius 3 is 2.39 bits per heavy atom. The van der Waals surface area contributed by atoms with Gasteiger partial charge in [-0.05, 0) is 42.0 Å². The summed E-state index contributed by atoms with van der Waals surface area (Å²) in [6, 6.07) is 23.0. The number of benzene rings is 3. The van der Waals surface area contributed by atoms with Crippen LogP contribution >= 0.6 is 27.5 Å². The number of halogens is 2. The number of carbonyl (C=O) groups is 1. The summed E-state index contributed by atoms with van der Waals surface area (Å²) in [4.78, 5) is 12.8. The van der Waals surface area contributed by atoms with Gasteiger partial charge in [0, 0.05) is 15.1 Å². The van der Waals surface area contributed by atoms with E-state index in [1.54, 1.807) is 0 Å². The number of ketones is 1. The SMILES string of the molecule is Nc1n(CC(=O)c2ccc(Br)cc2)c2ccccc2[n+]1Cc1ccc(Cl)cc1. The fraction of sp³-hybridized carbons (Fsp3) is 0.0909. The Morgan fingerprint density at radius 1 is 1.00 bits per heavy atom. The number of hydrogen-bond donors (Lipinski definition) is 1. The van der Waals surface area contributed by atoms with E-state index >= 15 is 0 Å². The minimum absolute atomic E-state index is 0.0126. The number of rotatable bonds is 5. The van der Waals surface area contributed by atoms with E-state index < -0.39 is 0 Å². The van der Waals surface area contributed by atoms with E-state index in [0.29, 0.717) is 23.1 Å². The molecule has 0 saturated carbocycles. The fourth-order valence-electron chi connectivity index (χ4n) is 3.29. The molecule has 4 aromatic rings. The van der Waals surface area contributed by atoms with Crippen LogP contribution < -0.4 is 10.3 Å². The van der Waals surface area contributed by atoms with Gasteiger partial charge in [-0.2, -0.15) is 0 Å². The van der Waals surface area contributed by atoms with Gasteiger partial charge >= 0.3 is 5.95 Å². The average molecular weight is 456 g/mol. The molecule has 0 spiro atoms. The molecule has 0 aliphatic heterocycles. The van der Waals surface area contributed by atoms with Crippen LogP contribution in [0, 0.1) is 0 Å². The second-order valence-corrected chi connectivity index (χ2v) is 7.93. The summed E-state index contributed by atoms with van der Waals surface area (Å²) in [7, 11) is 0. The third-order valence-corrected chi connectivity index (χ3v) is 5.52. The number of carbonyl (C=O) groups excluding carboxylic acids is 1. The monoisotopic (exact) mass is 454 g/mol. The summed E-state index contributed by atoms with van der Waals surface area (Å²) in [5, 5.41) is 0.698. The molecule has 0 fully saturated rings. The fourth-order valence-corrected chi connectivity index (χ4v) is 3.68. The Hall–Kier alpha value is -2.63. The second kappa shape index (κ2) is 7.78. The summed E-state index contributed by atoms with van der Waals surface area (Å²) in [5.74, 6) is 0.556. The van der Waals surface area contributed by atoms with E-state index in [4.69, 9.17) is 17.3 Å². The Bertz CT molecular complexity index is 1150. The molecule has 0 unspecified atom stereocenters. The number of Topliss-reactive ketones (excluding diaryl/α,β-unsaturated/α-hetero) is 1. The van der Waals surface area contributed by atoms with Crippen LogP contribution in [-0.2, 0) is 13.1 Å². The number of fused-ring (bicyclic) bond motifs is 1. The summed E-state index contributed by atoms with van der Waals surface area (Å²) < 4.78 is 4.83. The van der Waals surface area contributed by atoms with Gasteiger partial charge in [-0.15, -0.1) is 0 Å². The molecule has 0 amide bonds. The first-order valence-corrected chi connectivity index (χ1v) is 10.00. The van der Waals surface area contributed by atoms with E-state index in [2.05, 4.69) is 15.9 Å². The summed E-state index contributed by atoms with van der Waals surface area (Å²) in [5.41, 5.74) is 10.1. The molecule has 0 aliphatic carbocycles. The van der Waals surface area contributed by atoms with Gasteiger partial charge in [-0.1, -0.05) is 63.9 Å². The normalized spacial score (nSPS) is 11.1. The maximum Gasteiger partial charge on any atom is 0.356 e. The summed E-state index contributed by atoms with van der Waals surface area (Å²) in [6.07, 6.45) is 0. The quantitative estimate of drug-likeness (QED) is 0.345. The van der Waals surface area contributed by atoms with Gasteiger partial charge in [-0.3, -0.25) is 10.5 Å². The van der Waals surface area contributed by atoms with Gasteiger partial charge < -0.3 is 0 Å². The van der Waals surface area contributed by atoms with Gasteiger partial charge in [-0.25, -0.2) is 9.13 Å². The van der Waals surface area contributed by atoms with Gasteiger partial charge in [0.2, 0.25) is 0 Å². The molecule has 4 nitrogen and oxygen atoms in total. The van der Waals surface area contributed by atoms with Crippen molar-refractivity contribution in [3.63, 3.8) is 0 Å². The van der Waals surface area contributed by atoms with Crippen molar-refractivity contribution in [2.75, 3.05) is 5.73 Å². The Labute approximate surface area is 176 Å². The Kier molecular flexibility index (Phi) is 5.20. The van der Waals surface area contributed by atoms with Crippen LogP contribution in [0.15, 0.2) is 77.3 Å². The zero-order chi connectivity index (χ0) is 19.7. The molecule has 2 N–H and O–H groups in total. The highest BCUT2D eigenvalue weighted by atomic mass is 79.9. The largest absolute Gasteiger partial charge is 0.356 e. The van der Waals surface area contributed by atoms with E-state index in [1.165, 1.54) is 0 Å². The van der Waals surface area contributed by atoms with Gasteiger partial charge in [0.25, 0.3) is 0 Å². The van der Waals surface area contributed by atoms with Crippen molar-refractivity contribution in [1.29, 1.82) is 0 Å². The van der Waals surface area contributed by atoms with E-state index in [0.717, 1.165) is 21.1 Å². The Balaban J connectivity index is 1.72. The molecule has 0 atom stereocenters. The standard InChI is InChI=1S/C22H17BrClN3O/c23-17-9-7-16(8-10-17)21(28)14-27-20-4-2-1-3-19(20)26(22(27)25)13-15-5-11-18(24)12-6-15/h1-12,25H,13-14H2/p+1. The number of aromatic nitrogens is 2. The van der Waals surface area contributed by atoms with Crippen LogP contribution in [0.1, 0.15) is 15.9 Å². The van der Waals surface area contributed by atoms with E-state index in [-0.39, 0.29) is 12.3 Å². The first kappa shape index (κ1) is 18.7. The highest BCUT2D eigenvalue weighted by molar-refractivity contribution is 9.10. The number of anilines is 1. The number of para-hydroxylation sites is 2. The van der Waals surface area contributed by atoms with Gasteiger partial charge in [0.15, 0.2) is 5.78 Å². The molecule has 6 heteroatoms. The molecule has 1 aromatic heterocycles. The third kappa shape index (κ3) is 3.68. The molecule has 1 heterocycles. The lowest BCUT2D eigenvalue weighted by atomic mass is 10.1. The average Bonchev–Trinajstić information content (AvgIpc) is 2.96. The molecule has 0 radical (unpaired) electrons. The molecule has 28 heavy (non-hydrogen) atoms. The highest BCUT2D eigenvalue weighted by Crippen LogP contribution is 2.19. The maximum absolute atomic E-state index is 12.8. The molecular formula is C22H18BrClN3O+. The molecule has 140 valence electrons. The lowest BCUT2D eigenvalue weighted by Gasteiger charge is -2.04. The van der Waals surface area contributed by atoms with Gasteiger partial charge in [0.05, 0.1) is 6.54 Å². The predicted molar refractivity (Wildman–Crippen MR) is 116 cm³/mol. The van der Waals surface area contributed by atoms with Crippen LogP contribution in [0.5, 0.6) is 0 Å². The third-order valence-electron chi connectivity index (χ3n) is 4.74. The van der Waals surface area contributed by atoms with E-state index in [1.807, 2.05) is 81.9 Å². The van der Waals surface area contributed by atoms with E-state index in [9.17, 15) is 4.79 Å². The smallest absolute Gasteiger partial charge is 0.291 e. The lowest BCUT2D eigenvalue weighted by Crippen LogP contribution is -2.37. The van der Waals surface area contributed by atoms with Gasteiger partial charge in [0.1, 0.15) is 17.6 Å². The van der Waals surface area contributed by atoms with Crippen LogP contribution in [0.2, 0.25) is 5.02 Å². The van der Waals surface area contributed by atoms with Crippen molar-refractivity contribution < 1.29 is 9.36 Å². The van der Waals surface area contributed by atoms with Crippen molar-refractivity contribution in [3.8, 4) is 0 Å². The van der Waals surface area contributed by atoms with Crippen LogP contribution in [0.25, 0.3) is 11.0 Å².